The number of nitrogens with one attached hydrogen (secondary N) is 1. The number of non-ortho nitro benzene ring substituents is 1. The lowest BCUT2D eigenvalue weighted by Gasteiger charge is -2.07. The molecule has 0 bridgehead atoms. The third-order valence-electron chi connectivity index (χ3n) is 2.95. The second kappa shape index (κ2) is 6.61. The van der Waals surface area contributed by atoms with Crippen LogP contribution in [0.15, 0.2) is 41.5 Å². The van der Waals surface area contributed by atoms with E-state index in [1.54, 1.807) is 0 Å². The molecule has 0 unspecified atom stereocenters. The molecular weight excluding hydrogens is 288 g/mol. The van der Waals surface area contributed by atoms with Crippen molar-refractivity contribution in [3.8, 4) is 0 Å². The fraction of sp³-hybridized carbons (Fsp3) is 0.214. The third-order valence-corrected chi connectivity index (χ3v) is 2.95. The number of aryl methyl sites for hydroxylation is 1. The van der Waals surface area contributed by atoms with Crippen LogP contribution in [-0.4, -0.2) is 20.4 Å². The Morgan fingerprint density at radius 3 is 2.82 bits per heavy atom. The number of rotatable bonds is 5. The Hall–Kier alpha value is -3.03. The largest absolute Gasteiger partial charge is 0.324 e. The zero-order valence-corrected chi connectivity index (χ0v) is 11.9. The van der Waals surface area contributed by atoms with Gasteiger partial charge in [-0.25, -0.2) is 4.98 Å². The number of benzene rings is 1. The van der Waals surface area contributed by atoms with E-state index in [0.717, 1.165) is 0 Å². The minimum atomic E-state index is -0.548. The number of nitro benzene ring substituents is 1. The minimum absolute atomic E-state index is 0.121. The van der Waals surface area contributed by atoms with Crippen molar-refractivity contribution in [2.75, 3.05) is 5.32 Å². The first-order valence-electron chi connectivity index (χ1n) is 6.59. The number of carbonyl (C=O) groups excluding carboxylic acids is 1. The number of hydrogen-bond donors (Lipinski definition) is 1. The van der Waals surface area contributed by atoms with E-state index in [-0.39, 0.29) is 17.8 Å². The number of amides is 1. The predicted octanol–water partition coefficient (Wildman–Crippen LogP) is 1.35. The lowest BCUT2D eigenvalue weighted by atomic mass is 10.3. The molecule has 1 aromatic carbocycles. The van der Waals surface area contributed by atoms with Crippen LogP contribution < -0.4 is 10.9 Å². The van der Waals surface area contributed by atoms with Crippen LogP contribution in [-0.2, 0) is 17.8 Å². The molecule has 0 saturated carbocycles. The molecule has 0 aliphatic carbocycles. The normalized spacial score (nSPS) is 10.2. The van der Waals surface area contributed by atoms with Crippen molar-refractivity contribution < 1.29 is 9.72 Å². The summed E-state index contributed by atoms with van der Waals surface area (Å²) in [5.74, 6) is -0.464. The summed E-state index contributed by atoms with van der Waals surface area (Å²) in [4.78, 5) is 37.9. The number of nitro groups is 1. The van der Waals surface area contributed by atoms with E-state index >= 15 is 0 Å². The maximum absolute atomic E-state index is 11.9. The number of anilines is 1. The van der Waals surface area contributed by atoms with Gasteiger partial charge in [-0.3, -0.25) is 24.3 Å². The van der Waals surface area contributed by atoms with E-state index in [0.29, 0.717) is 17.8 Å². The van der Waals surface area contributed by atoms with Gasteiger partial charge in [0.2, 0.25) is 5.91 Å². The monoisotopic (exact) mass is 302 g/mol. The summed E-state index contributed by atoms with van der Waals surface area (Å²) in [6, 6.07) is 6.96. The molecule has 1 aromatic heterocycles. The Balaban J connectivity index is 2.09. The molecule has 1 N–H and O–H groups in total. The van der Waals surface area contributed by atoms with Gasteiger partial charge in [-0.15, -0.1) is 0 Å². The number of nitrogens with zero attached hydrogens (tertiary/aromatic N) is 3. The van der Waals surface area contributed by atoms with Gasteiger partial charge in [-0.05, 0) is 12.5 Å². The molecule has 1 heterocycles. The van der Waals surface area contributed by atoms with Crippen molar-refractivity contribution in [1.29, 1.82) is 0 Å². The van der Waals surface area contributed by atoms with Gasteiger partial charge in [-0.2, -0.15) is 0 Å². The van der Waals surface area contributed by atoms with E-state index < -0.39 is 10.8 Å². The maximum atomic E-state index is 11.9. The van der Waals surface area contributed by atoms with Crippen molar-refractivity contribution in [2.45, 2.75) is 19.9 Å². The topological polar surface area (TPSA) is 107 Å². The van der Waals surface area contributed by atoms with Crippen molar-refractivity contribution in [3.63, 3.8) is 0 Å². The fourth-order valence-electron chi connectivity index (χ4n) is 1.83. The van der Waals surface area contributed by atoms with Gasteiger partial charge >= 0.3 is 0 Å². The van der Waals surface area contributed by atoms with Gasteiger partial charge in [0.25, 0.3) is 11.2 Å². The average molecular weight is 302 g/mol. The van der Waals surface area contributed by atoms with E-state index in [9.17, 15) is 19.7 Å². The van der Waals surface area contributed by atoms with Crippen molar-refractivity contribution in [3.05, 3.63) is 62.8 Å². The van der Waals surface area contributed by atoms with Gasteiger partial charge in [0.05, 0.1) is 11.3 Å². The van der Waals surface area contributed by atoms with Crippen LogP contribution in [0.4, 0.5) is 11.4 Å². The van der Waals surface area contributed by atoms with Crippen molar-refractivity contribution in [1.82, 2.24) is 9.55 Å². The van der Waals surface area contributed by atoms with Crippen LogP contribution in [0.5, 0.6) is 0 Å². The van der Waals surface area contributed by atoms with Gasteiger partial charge in [-0.1, -0.05) is 13.0 Å². The van der Waals surface area contributed by atoms with Crippen molar-refractivity contribution >= 4 is 17.3 Å². The summed E-state index contributed by atoms with van der Waals surface area (Å²) < 4.78 is 1.17. The highest BCUT2D eigenvalue weighted by molar-refractivity contribution is 5.90. The predicted molar refractivity (Wildman–Crippen MR) is 79.6 cm³/mol. The lowest BCUT2D eigenvalue weighted by molar-refractivity contribution is -0.384. The quantitative estimate of drug-likeness (QED) is 0.662. The molecule has 2 aromatic rings. The van der Waals surface area contributed by atoms with Crippen LogP contribution in [0.2, 0.25) is 0 Å². The van der Waals surface area contributed by atoms with Gasteiger partial charge in [0.15, 0.2) is 0 Å². The Bertz CT molecular complexity index is 769. The van der Waals surface area contributed by atoms with Crippen molar-refractivity contribution in [2.24, 2.45) is 0 Å². The summed E-state index contributed by atoms with van der Waals surface area (Å²) >= 11 is 0. The Labute approximate surface area is 125 Å². The molecule has 0 saturated heterocycles. The maximum Gasteiger partial charge on any atom is 0.271 e. The molecule has 1 amide bonds. The van der Waals surface area contributed by atoms with Gasteiger partial charge < -0.3 is 5.32 Å². The first kappa shape index (κ1) is 15.4. The standard InChI is InChI=1S/C14H14N4O4/c1-2-10-7-14(20)17(9-15-10)8-13(19)16-11-4-3-5-12(6-11)18(21)22/h3-7,9H,2,8H2,1H3,(H,16,19). The number of hydrogen-bond acceptors (Lipinski definition) is 5. The molecule has 0 radical (unpaired) electrons. The average Bonchev–Trinajstić information content (AvgIpc) is 2.49. The molecule has 0 aliphatic heterocycles. The number of aromatic nitrogens is 2. The highest BCUT2D eigenvalue weighted by Gasteiger charge is 2.09. The molecule has 0 fully saturated rings. The lowest BCUT2D eigenvalue weighted by Crippen LogP contribution is -2.27. The molecular formula is C14H14N4O4. The summed E-state index contributed by atoms with van der Waals surface area (Å²) in [6.07, 6.45) is 1.95. The molecule has 8 nitrogen and oxygen atoms in total. The SMILES string of the molecule is CCc1cc(=O)n(CC(=O)Nc2cccc([N+](=O)[O-])c2)cn1. The summed E-state index contributed by atoms with van der Waals surface area (Å²) in [5.41, 5.74) is 0.510. The molecule has 22 heavy (non-hydrogen) atoms. The summed E-state index contributed by atoms with van der Waals surface area (Å²) in [5, 5.41) is 13.2. The van der Waals surface area contributed by atoms with Gasteiger partial charge in [0, 0.05) is 29.6 Å². The molecule has 2 rings (SSSR count). The van der Waals surface area contributed by atoms with E-state index in [1.807, 2.05) is 6.92 Å². The highest BCUT2D eigenvalue weighted by atomic mass is 16.6. The Morgan fingerprint density at radius 2 is 2.18 bits per heavy atom. The van der Waals surface area contributed by atoms with E-state index in [2.05, 4.69) is 10.3 Å². The van der Waals surface area contributed by atoms with Crippen LogP contribution in [0.3, 0.4) is 0 Å². The first-order valence-corrected chi connectivity index (χ1v) is 6.59. The van der Waals surface area contributed by atoms with Crippen LogP contribution >= 0.6 is 0 Å². The molecule has 8 heteroatoms. The zero-order chi connectivity index (χ0) is 16.1. The summed E-state index contributed by atoms with van der Waals surface area (Å²) in [6.45, 7) is 1.67. The molecule has 0 spiro atoms. The van der Waals surface area contributed by atoms with Crippen LogP contribution in [0, 0.1) is 10.1 Å². The smallest absolute Gasteiger partial charge is 0.271 e. The number of carbonyl (C=O) groups is 1. The molecule has 0 aliphatic rings. The zero-order valence-electron chi connectivity index (χ0n) is 11.9. The van der Waals surface area contributed by atoms with E-state index in [1.165, 1.54) is 41.2 Å². The second-order valence-electron chi connectivity index (χ2n) is 4.56. The first-order chi connectivity index (χ1) is 10.5. The molecule has 0 atom stereocenters. The Kier molecular flexibility index (Phi) is 4.62. The minimum Gasteiger partial charge on any atom is -0.324 e. The third kappa shape index (κ3) is 3.75. The second-order valence-corrected chi connectivity index (χ2v) is 4.56. The van der Waals surface area contributed by atoms with E-state index in [4.69, 9.17) is 0 Å². The molecule has 114 valence electrons. The fourth-order valence-corrected chi connectivity index (χ4v) is 1.83. The Morgan fingerprint density at radius 1 is 1.41 bits per heavy atom. The summed E-state index contributed by atoms with van der Waals surface area (Å²) in [7, 11) is 0. The van der Waals surface area contributed by atoms with Gasteiger partial charge in [0.1, 0.15) is 6.54 Å². The van der Waals surface area contributed by atoms with Crippen LogP contribution in [0.25, 0.3) is 0 Å². The highest BCUT2D eigenvalue weighted by Crippen LogP contribution is 2.16. The van der Waals surface area contributed by atoms with Crippen LogP contribution in [0.1, 0.15) is 12.6 Å².